The van der Waals surface area contributed by atoms with Crippen molar-refractivity contribution in [1.29, 1.82) is 0 Å². The van der Waals surface area contributed by atoms with Crippen LogP contribution in [0.3, 0.4) is 0 Å². The molecule has 6 nitrogen and oxygen atoms in total. The van der Waals surface area contributed by atoms with Crippen molar-refractivity contribution >= 4 is 40.9 Å². The Morgan fingerprint density at radius 1 is 0.935 bits per heavy atom. The van der Waals surface area contributed by atoms with E-state index in [9.17, 15) is 14.4 Å². The second-order valence-corrected chi connectivity index (χ2v) is 8.16. The third-order valence-electron chi connectivity index (χ3n) is 4.71. The number of hydrogen-bond donors (Lipinski definition) is 2. The lowest BCUT2D eigenvalue weighted by Gasteiger charge is -2.23. The summed E-state index contributed by atoms with van der Waals surface area (Å²) in [5.74, 6) is -1.29. The zero-order valence-corrected chi connectivity index (χ0v) is 17.4. The summed E-state index contributed by atoms with van der Waals surface area (Å²) in [5.41, 5.74) is 3.21. The molecule has 1 atom stereocenters. The minimum absolute atomic E-state index is 0.112. The van der Waals surface area contributed by atoms with Gasteiger partial charge in [0.1, 0.15) is 0 Å². The van der Waals surface area contributed by atoms with Gasteiger partial charge in [-0.2, -0.15) is 0 Å². The Balaban J connectivity index is 1.32. The van der Waals surface area contributed by atoms with Crippen molar-refractivity contribution in [2.75, 3.05) is 17.2 Å². The van der Waals surface area contributed by atoms with Crippen molar-refractivity contribution in [2.24, 2.45) is 0 Å². The van der Waals surface area contributed by atoms with Gasteiger partial charge in [0.05, 0.1) is 17.4 Å². The molecule has 2 amide bonds. The van der Waals surface area contributed by atoms with Crippen molar-refractivity contribution in [3.8, 4) is 11.1 Å². The molecule has 2 N–H and O–H groups in total. The molecular formula is C24H20N2O4S. The summed E-state index contributed by atoms with van der Waals surface area (Å²) in [5, 5.41) is 4.98. The Kier molecular flexibility index (Phi) is 6.33. The molecule has 0 aromatic heterocycles. The summed E-state index contributed by atoms with van der Waals surface area (Å²) < 4.78 is 5.12. The van der Waals surface area contributed by atoms with E-state index in [0.717, 1.165) is 21.7 Å². The Morgan fingerprint density at radius 2 is 1.65 bits per heavy atom. The van der Waals surface area contributed by atoms with E-state index in [1.165, 1.54) is 11.8 Å². The summed E-state index contributed by atoms with van der Waals surface area (Å²) >= 11 is 1.32. The van der Waals surface area contributed by atoms with Gasteiger partial charge in [0, 0.05) is 16.1 Å². The number of thioether (sulfide) groups is 1. The molecule has 0 saturated carbocycles. The summed E-state index contributed by atoms with van der Waals surface area (Å²) in [6.45, 7) is -0.419. The van der Waals surface area contributed by atoms with Crippen molar-refractivity contribution in [3.63, 3.8) is 0 Å². The largest absolute Gasteiger partial charge is 0.456 e. The fourth-order valence-electron chi connectivity index (χ4n) is 3.23. The van der Waals surface area contributed by atoms with E-state index in [-0.39, 0.29) is 12.3 Å². The number of benzene rings is 3. The first-order chi connectivity index (χ1) is 15.1. The van der Waals surface area contributed by atoms with Crippen LogP contribution in [0.1, 0.15) is 6.42 Å². The highest BCUT2D eigenvalue weighted by atomic mass is 32.2. The maximum Gasteiger partial charge on any atom is 0.307 e. The van der Waals surface area contributed by atoms with Gasteiger partial charge in [-0.1, -0.05) is 60.7 Å². The lowest BCUT2D eigenvalue weighted by Crippen LogP contribution is -2.32. The molecule has 31 heavy (non-hydrogen) atoms. The Morgan fingerprint density at radius 3 is 2.48 bits per heavy atom. The van der Waals surface area contributed by atoms with Crippen molar-refractivity contribution < 1.29 is 19.1 Å². The predicted molar refractivity (Wildman–Crippen MR) is 121 cm³/mol. The van der Waals surface area contributed by atoms with E-state index in [0.29, 0.717) is 5.69 Å². The highest BCUT2D eigenvalue weighted by Crippen LogP contribution is 2.36. The minimum Gasteiger partial charge on any atom is -0.456 e. The maximum absolute atomic E-state index is 12.3. The number of esters is 1. The van der Waals surface area contributed by atoms with Gasteiger partial charge in [0.2, 0.25) is 5.91 Å². The molecule has 4 rings (SSSR count). The molecule has 0 saturated heterocycles. The second kappa shape index (κ2) is 9.49. The van der Waals surface area contributed by atoms with Gasteiger partial charge in [0.25, 0.3) is 5.91 Å². The average Bonchev–Trinajstić information content (AvgIpc) is 2.79. The fraction of sp³-hybridized carbons (Fsp3) is 0.125. The van der Waals surface area contributed by atoms with E-state index in [1.807, 2.05) is 72.8 Å². The van der Waals surface area contributed by atoms with E-state index < -0.39 is 23.7 Å². The van der Waals surface area contributed by atoms with Crippen molar-refractivity contribution in [3.05, 3.63) is 78.9 Å². The van der Waals surface area contributed by atoms with E-state index in [4.69, 9.17) is 4.74 Å². The number of carbonyl (C=O) groups excluding carboxylic acids is 3. The molecule has 7 heteroatoms. The number of fused-ring (bicyclic) bond motifs is 1. The molecule has 3 aromatic carbocycles. The highest BCUT2D eigenvalue weighted by molar-refractivity contribution is 8.01. The van der Waals surface area contributed by atoms with Crippen LogP contribution in [0.4, 0.5) is 11.4 Å². The van der Waals surface area contributed by atoms with Crippen LogP contribution in [0, 0.1) is 0 Å². The van der Waals surface area contributed by atoms with Gasteiger partial charge < -0.3 is 15.4 Å². The van der Waals surface area contributed by atoms with Gasteiger partial charge >= 0.3 is 5.97 Å². The van der Waals surface area contributed by atoms with Gasteiger partial charge in [-0.15, -0.1) is 11.8 Å². The normalized spacial score (nSPS) is 14.8. The molecule has 1 heterocycles. The molecule has 0 aliphatic carbocycles. The lowest BCUT2D eigenvalue weighted by molar-refractivity contribution is -0.147. The molecule has 0 bridgehead atoms. The average molecular weight is 433 g/mol. The first-order valence-electron chi connectivity index (χ1n) is 9.76. The SMILES string of the molecule is O=C(COC(=O)C[C@H]1Sc2ccccc2NC1=O)Nc1ccccc1-c1ccccc1. The van der Waals surface area contributed by atoms with Gasteiger partial charge in [-0.05, 0) is 23.8 Å². The number of ether oxygens (including phenoxy) is 1. The minimum atomic E-state index is -0.599. The quantitative estimate of drug-likeness (QED) is 0.566. The standard InChI is InChI=1S/C24H20N2O4S/c27-22(25-18-11-5-4-10-17(18)16-8-2-1-3-9-16)15-30-23(28)14-21-24(29)26-19-12-6-7-13-20(19)31-21/h1-13,21H,14-15H2,(H,25,27)(H,26,29)/t21-/m1/s1. The number of amides is 2. The highest BCUT2D eigenvalue weighted by Gasteiger charge is 2.29. The van der Waals surface area contributed by atoms with Crippen LogP contribution in [-0.4, -0.2) is 29.6 Å². The summed E-state index contributed by atoms with van der Waals surface area (Å²) in [4.78, 5) is 37.7. The first-order valence-corrected chi connectivity index (χ1v) is 10.6. The number of nitrogens with one attached hydrogen (secondary N) is 2. The van der Waals surface area contributed by atoms with Crippen LogP contribution in [0.5, 0.6) is 0 Å². The Hall–Kier alpha value is -3.58. The number of anilines is 2. The van der Waals surface area contributed by atoms with Gasteiger partial charge in [0.15, 0.2) is 6.61 Å². The number of para-hydroxylation sites is 2. The maximum atomic E-state index is 12.3. The Bertz CT molecular complexity index is 1120. The fourth-order valence-corrected chi connectivity index (χ4v) is 4.33. The Labute approximate surface area is 184 Å². The number of rotatable bonds is 6. The molecule has 156 valence electrons. The zero-order chi connectivity index (χ0) is 21.6. The monoisotopic (exact) mass is 432 g/mol. The van der Waals surface area contributed by atoms with Crippen LogP contribution in [0.15, 0.2) is 83.8 Å². The van der Waals surface area contributed by atoms with Crippen LogP contribution in [0.25, 0.3) is 11.1 Å². The lowest BCUT2D eigenvalue weighted by atomic mass is 10.0. The van der Waals surface area contributed by atoms with Crippen molar-refractivity contribution in [2.45, 2.75) is 16.6 Å². The van der Waals surface area contributed by atoms with Gasteiger partial charge in [-0.3, -0.25) is 14.4 Å². The zero-order valence-electron chi connectivity index (χ0n) is 16.5. The molecule has 0 unspecified atom stereocenters. The number of hydrogen-bond acceptors (Lipinski definition) is 5. The molecule has 1 aliphatic heterocycles. The molecular weight excluding hydrogens is 412 g/mol. The topological polar surface area (TPSA) is 84.5 Å². The molecule has 1 aliphatic rings. The summed E-state index contributed by atoms with van der Waals surface area (Å²) in [6.07, 6.45) is -0.112. The van der Waals surface area contributed by atoms with E-state index in [2.05, 4.69) is 10.6 Å². The summed E-state index contributed by atoms with van der Waals surface area (Å²) in [6, 6.07) is 24.5. The van der Waals surface area contributed by atoms with Crippen LogP contribution in [-0.2, 0) is 19.1 Å². The van der Waals surface area contributed by atoms with E-state index in [1.54, 1.807) is 6.07 Å². The molecule has 0 spiro atoms. The number of carbonyl (C=O) groups is 3. The van der Waals surface area contributed by atoms with Crippen LogP contribution < -0.4 is 10.6 Å². The first kappa shape index (κ1) is 20.7. The molecule has 0 fully saturated rings. The second-order valence-electron chi connectivity index (χ2n) is 6.92. The smallest absolute Gasteiger partial charge is 0.307 e. The van der Waals surface area contributed by atoms with Crippen molar-refractivity contribution in [1.82, 2.24) is 0 Å². The van der Waals surface area contributed by atoms with Gasteiger partial charge in [-0.25, -0.2) is 0 Å². The van der Waals surface area contributed by atoms with Crippen LogP contribution >= 0.6 is 11.8 Å². The third kappa shape index (κ3) is 5.13. The van der Waals surface area contributed by atoms with Crippen LogP contribution in [0.2, 0.25) is 0 Å². The molecule has 0 radical (unpaired) electrons. The molecule has 3 aromatic rings. The van der Waals surface area contributed by atoms with E-state index >= 15 is 0 Å². The third-order valence-corrected chi connectivity index (χ3v) is 5.98. The summed E-state index contributed by atoms with van der Waals surface area (Å²) in [7, 11) is 0. The predicted octanol–water partition coefficient (Wildman–Crippen LogP) is 4.34.